The van der Waals surface area contributed by atoms with Gasteiger partial charge >= 0.3 is 5.97 Å². The molecular weight excluding hydrogens is 404 g/mol. The molecule has 2 N–H and O–H groups in total. The van der Waals surface area contributed by atoms with E-state index in [0.717, 1.165) is 34.3 Å². The molecule has 7 nitrogen and oxygen atoms in total. The molecule has 0 bridgehead atoms. The summed E-state index contributed by atoms with van der Waals surface area (Å²) in [6.07, 6.45) is 5.28. The highest BCUT2D eigenvalue weighted by atomic mass is 16.5. The number of H-pyrrole nitrogens is 1. The monoisotopic (exact) mass is 430 g/mol. The number of esters is 1. The third kappa shape index (κ3) is 4.27. The largest absolute Gasteiger partial charge is 0.467 e. The molecule has 0 saturated carbocycles. The van der Waals surface area contributed by atoms with Gasteiger partial charge in [-0.3, -0.25) is 4.79 Å². The van der Waals surface area contributed by atoms with Gasteiger partial charge in [0.15, 0.2) is 0 Å². The van der Waals surface area contributed by atoms with Gasteiger partial charge in [-0.2, -0.15) is 5.10 Å². The molecule has 4 aromatic rings. The molecule has 1 amide bonds. The first-order valence-electron chi connectivity index (χ1n) is 10.7. The van der Waals surface area contributed by atoms with Crippen LogP contribution in [0.2, 0.25) is 0 Å². The zero-order valence-corrected chi connectivity index (χ0v) is 18.2. The standard InChI is InChI=1S/C25H26N4O3/c1-3-9-23-20(16-27-29(23)18-10-5-4-6-11-18)24(30)28-22(25(31)32-2)14-17-15-26-21-13-8-7-12-19(17)21/h4-8,10-13,15-16,22,26H,3,9,14H2,1-2H3,(H,28,30). The summed E-state index contributed by atoms with van der Waals surface area (Å²) in [5, 5.41) is 8.33. The molecule has 0 aliphatic rings. The number of hydrogen-bond acceptors (Lipinski definition) is 4. The van der Waals surface area contributed by atoms with Crippen LogP contribution < -0.4 is 5.32 Å². The lowest BCUT2D eigenvalue weighted by atomic mass is 10.0. The Labute approximate surface area is 186 Å². The summed E-state index contributed by atoms with van der Waals surface area (Å²) in [6.45, 7) is 2.05. The minimum Gasteiger partial charge on any atom is -0.467 e. The summed E-state index contributed by atoms with van der Waals surface area (Å²) in [4.78, 5) is 28.9. The van der Waals surface area contributed by atoms with Gasteiger partial charge in [-0.1, -0.05) is 49.7 Å². The SMILES string of the molecule is CCCc1c(C(=O)NC(Cc2c[nH]c3ccccc23)C(=O)OC)cnn1-c1ccccc1. The number of carbonyl (C=O) groups is 2. The van der Waals surface area contributed by atoms with Crippen molar-refractivity contribution >= 4 is 22.8 Å². The van der Waals surface area contributed by atoms with Crippen molar-refractivity contribution in [3.8, 4) is 5.69 Å². The van der Waals surface area contributed by atoms with E-state index in [9.17, 15) is 9.59 Å². The van der Waals surface area contributed by atoms with E-state index in [0.29, 0.717) is 18.4 Å². The lowest BCUT2D eigenvalue weighted by Crippen LogP contribution is -2.43. The first-order valence-corrected chi connectivity index (χ1v) is 10.7. The fourth-order valence-corrected chi connectivity index (χ4v) is 3.92. The van der Waals surface area contributed by atoms with Crippen molar-refractivity contribution in [3.63, 3.8) is 0 Å². The van der Waals surface area contributed by atoms with Crippen molar-refractivity contribution in [2.75, 3.05) is 7.11 Å². The summed E-state index contributed by atoms with van der Waals surface area (Å²) in [5.41, 5.74) is 4.07. The number of aromatic amines is 1. The van der Waals surface area contributed by atoms with Crippen LogP contribution in [-0.4, -0.2) is 39.8 Å². The summed E-state index contributed by atoms with van der Waals surface area (Å²) < 4.78 is 6.76. The molecule has 2 aromatic heterocycles. The second-order valence-electron chi connectivity index (χ2n) is 7.62. The van der Waals surface area contributed by atoms with E-state index in [1.807, 2.05) is 60.8 Å². The van der Waals surface area contributed by atoms with Gasteiger partial charge in [0.05, 0.1) is 30.3 Å². The summed E-state index contributed by atoms with van der Waals surface area (Å²) >= 11 is 0. The maximum absolute atomic E-state index is 13.2. The summed E-state index contributed by atoms with van der Waals surface area (Å²) in [6, 6.07) is 16.7. The van der Waals surface area contributed by atoms with Crippen molar-refractivity contribution < 1.29 is 14.3 Å². The topological polar surface area (TPSA) is 89.0 Å². The molecule has 0 radical (unpaired) electrons. The minimum absolute atomic E-state index is 0.318. The van der Waals surface area contributed by atoms with Crippen LogP contribution in [0.4, 0.5) is 0 Å². The third-order valence-corrected chi connectivity index (χ3v) is 5.49. The van der Waals surface area contributed by atoms with Gasteiger partial charge in [0.2, 0.25) is 0 Å². The predicted octanol–water partition coefficient (Wildman–Crippen LogP) is 3.82. The van der Waals surface area contributed by atoms with E-state index in [2.05, 4.69) is 22.3 Å². The van der Waals surface area contributed by atoms with Crippen molar-refractivity contribution in [1.29, 1.82) is 0 Å². The molecule has 0 fully saturated rings. The molecule has 32 heavy (non-hydrogen) atoms. The Morgan fingerprint density at radius 3 is 2.62 bits per heavy atom. The molecule has 2 heterocycles. The number of para-hydroxylation sites is 2. The quantitative estimate of drug-likeness (QED) is 0.416. The number of hydrogen-bond donors (Lipinski definition) is 2. The van der Waals surface area contributed by atoms with Crippen LogP contribution in [0, 0.1) is 0 Å². The molecule has 1 atom stereocenters. The van der Waals surface area contributed by atoms with Crippen molar-refractivity contribution in [2.24, 2.45) is 0 Å². The maximum atomic E-state index is 13.2. The molecule has 2 aromatic carbocycles. The van der Waals surface area contributed by atoms with Crippen LogP contribution in [0.5, 0.6) is 0 Å². The highest BCUT2D eigenvalue weighted by Crippen LogP contribution is 2.21. The molecule has 1 unspecified atom stereocenters. The number of carbonyl (C=O) groups excluding carboxylic acids is 2. The van der Waals surface area contributed by atoms with Gasteiger partial charge in [-0.25, -0.2) is 9.48 Å². The summed E-state index contributed by atoms with van der Waals surface area (Å²) in [7, 11) is 1.33. The number of nitrogens with one attached hydrogen (secondary N) is 2. The lowest BCUT2D eigenvalue weighted by Gasteiger charge is -2.17. The van der Waals surface area contributed by atoms with Crippen LogP contribution in [0.1, 0.15) is 35.0 Å². The Kier molecular flexibility index (Phi) is 6.35. The van der Waals surface area contributed by atoms with Crippen LogP contribution in [0.3, 0.4) is 0 Å². The average molecular weight is 431 g/mol. The average Bonchev–Trinajstić information content (AvgIpc) is 3.43. The fraction of sp³-hybridized carbons (Fsp3) is 0.240. The van der Waals surface area contributed by atoms with E-state index in [1.54, 1.807) is 10.9 Å². The second-order valence-corrected chi connectivity index (χ2v) is 7.62. The van der Waals surface area contributed by atoms with Gasteiger partial charge in [0.1, 0.15) is 6.04 Å². The summed E-state index contributed by atoms with van der Waals surface area (Å²) in [5.74, 6) is -0.831. The molecule has 0 spiro atoms. The number of nitrogens with zero attached hydrogens (tertiary/aromatic N) is 2. The first kappa shape index (κ1) is 21.4. The molecule has 0 saturated heterocycles. The van der Waals surface area contributed by atoms with E-state index in [4.69, 9.17) is 4.74 Å². The van der Waals surface area contributed by atoms with Crippen LogP contribution >= 0.6 is 0 Å². The number of fused-ring (bicyclic) bond motifs is 1. The van der Waals surface area contributed by atoms with Gasteiger partial charge in [-0.15, -0.1) is 0 Å². The van der Waals surface area contributed by atoms with E-state index in [-0.39, 0.29) is 5.91 Å². The molecule has 4 rings (SSSR count). The Hall–Kier alpha value is -3.87. The number of aromatic nitrogens is 3. The van der Waals surface area contributed by atoms with Crippen LogP contribution in [-0.2, 0) is 22.4 Å². The number of ether oxygens (including phenoxy) is 1. The molecular formula is C25H26N4O3. The van der Waals surface area contributed by atoms with Gasteiger partial charge in [0, 0.05) is 23.5 Å². The van der Waals surface area contributed by atoms with Crippen LogP contribution in [0.15, 0.2) is 67.0 Å². The third-order valence-electron chi connectivity index (χ3n) is 5.49. The molecule has 0 aliphatic carbocycles. The zero-order valence-electron chi connectivity index (χ0n) is 18.2. The first-order chi connectivity index (χ1) is 15.6. The van der Waals surface area contributed by atoms with Crippen molar-refractivity contribution in [2.45, 2.75) is 32.2 Å². The number of rotatable bonds is 8. The Morgan fingerprint density at radius 1 is 1.12 bits per heavy atom. The van der Waals surface area contributed by atoms with Gasteiger partial charge < -0.3 is 15.0 Å². The molecule has 0 aliphatic heterocycles. The maximum Gasteiger partial charge on any atom is 0.328 e. The van der Waals surface area contributed by atoms with E-state index >= 15 is 0 Å². The number of methoxy groups -OCH3 is 1. The van der Waals surface area contributed by atoms with Crippen LogP contribution in [0.25, 0.3) is 16.6 Å². The van der Waals surface area contributed by atoms with Gasteiger partial charge in [0.25, 0.3) is 5.91 Å². The second kappa shape index (κ2) is 9.51. The van der Waals surface area contributed by atoms with Gasteiger partial charge in [-0.05, 0) is 30.2 Å². The van der Waals surface area contributed by atoms with E-state index < -0.39 is 12.0 Å². The molecule has 164 valence electrons. The predicted molar refractivity (Wildman–Crippen MR) is 123 cm³/mol. The molecule has 7 heteroatoms. The van der Waals surface area contributed by atoms with Crippen molar-refractivity contribution in [1.82, 2.24) is 20.1 Å². The van der Waals surface area contributed by atoms with E-state index in [1.165, 1.54) is 7.11 Å². The highest BCUT2D eigenvalue weighted by molar-refractivity contribution is 5.98. The van der Waals surface area contributed by atoms with Crippen molar-refractivity contribution in [3.05, 3.63) is 83.8 Å². The normalized spacial score (nSPS) is 11.9. The Bertz CT molecular complexity index is 1230. The highest BCUT2D eigenvalue weighted by Gasteiger charge is 2.26. The number of amides is 1. The number of benzene rings is 2. The fourth-order valence-electron chi connectivity index (χ4n) is 3.92. The minimum atomic E-state index is -0.818. The Balaban J connectivity index is 1.61. The smallest absolute Gasteiger partial charge is 0.328 e. The lowest BCUT2D eigenvalue weighted by molar-refractivity contribution is -0.142. The zero-order chi connectivity index (χ0) is 22.5. The Morgan fingerprint density at radius 2 is 1.88 bits per heavy atom.